The monoisotopic (exact) mass is 270 g/mol. The predicted octanol–water partition coefficient (Wildman–Crippen LogP) is 2.44. The minimum Gasteiger partial charge on any atom is -0.306 e. The first-order valence-corrected chi connectivity index (χ1v) is 6.57. The summed E-state index contributed by atoms with van der Waals surface area (Å²) in [7, 11) is 1.91. The fourth-order valence-corrected chi connectivity index (χ4v) is 2.65. The summed E-state index contributed by atoms with van der Waals surface area (Å²) in [5.74, 6) is 0. The molecule has 2 rings (SSSR count). The van der Waals surface area contributed by atoms with Crippen LogP contribution in [0.15, 0.2) is 6.20 Å². The maximum atomic E-state index is 6.17. The molecule has 4 nitrogen and oxygen atoms in total. The lowest BCUT2D eigenvalue weighted by atomic mass is 10.3. The summed E-state index contributed by atoms with van der Waals surface area (Å²) in [4.78, 5) is 5.45. The highest BCUT2D eigenvalue weighted by Gasteiger charge is 2.10. The molecule has 0 aliphatic rings. The van der Waals surface area contributed by atoms with Gasteiger partial charge >= 0.3 is 0 Å². The Morgan fingerprint density at radius 2 is 2.18 bits per heavy atom. The number of hydrogen-bond acceptors (Lipinski definition) is 4. The molecule has 0 radical (unpaired) electrons. The standard InChI is InChI=1S/C11H15ClN4S/c1-7-11(12)10(16(3)15-7)6-13-4-9-5-14-8(2)17-9/h5,13H,4,6H2,1-3H3. The lowest BCUT2D eigenvalue weighted by Gasteiger charge is -2.04. The highest BCUT2D eigenvalue weighted by molar-refractivity contribution is 7.11. The lowest BCUT2D eigenvalue weighted by molar-refractivity contribution is 0.628. The van der Waals surface area contributed by atoms with Gasteiger partial charge in [0.05, 0.1) is 21.4 Å². The molecule has 0 fully saturated rings. The second-order valence-electron chi connectivity index (χ2n) is 3.92. The van der Waals surface area contributed by atoms with E-state index in [9.17, 15) is 0 Å². The van der Waals surface area contributed by atoms with Crippen LogP contribution in [0.3, 0.4) is 0 Å². The van der Waals surface area contributed by atoms with Gasteiger partial charge in [-0.2, -0.15) is 5.10 Å². The third-order valence-electron chi connectivity index (χ3n) is 2.52. The first-order valence-electron chi connectivity index (χ1n) is 5.38. The molecule has 0 saturated carbocycles. The number of aromatic nitrogens is 3. The van der Waals surface area contributed by atoms with Gasteiger partial charge in [-0.15, -0.1) is 11.3 Å². The molecule has 0 amide bonds. The van der Waals surface area contributed by atoms with Crippen LogP contribution in [0.1, 0.15) is 21.3 Å². The van der Waals surface area contributed by atoms with Crippen molar-refractivity contribution in [3.05, 3.63) is 32.5 Å². The van der Waals surface area contributed by atoms with Gasteiger partial charge in [-0.05, 0) is 13.8 Å². The molecule has 1 N–H and O–H groups in total. The number of aryl methyl sites for hydroxylation is 3. The number of nitrogens with zero attached hydrogens (tertiary/aromatic N) is 3. The molecule has 2 aromatic heterocycles. The molecular formula is C11H15ClN4S. The average Bonchev–Trinajstić information content (AvgIpc) is 2.78. The third-order valence-corrected chi connectivity index (χ3v) is 3.93. The Morgan fingerprint density at radius 1 is 1.41 bits per heavy atom. The summed E-state index contributed by atoms with van der Waals surface area (Å²) in [5.41, 5.74) is 1.89. The van der Waals surface area contributed by atoms with Crippen molar-refractivity contribution >= 4 is 22.9 Å². The third kappa shape index (κ3) is 2.86. The van der Waals surface area contributed by atoms with Crippen molar-refractivity contribution in [1.82, 2.24) is 20.1 Å². The summed E-state index contributed by atoms with van der Waals surface area (Å²) < 4.78 is 1.82. The predicted molar refractivity (Wildman–Crippen MR) is 70.3 cm³/mol. The minimum atomic E-state index is 0.715. The fourth-order valence-electron chi connectivity index (χ4n) is 1.66. The van der Waals surface area contributed by atoms with Crippen molar-refractivity contribution in [3.8, 4) is 0 Å². The van der Waals surface area contributed by atoms with Gasteiger partial charge in [0.2, 0.25) is 0 Å². The fraction of sp³-hybridized carbons (Fsp3) is 0.455. The Bertz CT molecular complexity index is 518. The molecule has 0 bridgehead atoms. The van der Waals surface area contributed by atoms with Crippen LogP contribution in [0.2, 0.25) is 5.02 Å². The Hall–Kier alpha value is -0.910. The van der Waals surface area contributed by atoms with E-state index in [-0.39, 0.29) is 0 Å². The normalized spacial score (nSPS) is 11.1. The van der Waals surface area contributed by atoms with Gasteiger partial charge in [0.15, 0.2) is 0 Å². The number of nitrogens with one attached hydrogen (secondary N) is 1. The van der Waals surface area contributed by atoms with E-state index in [1.807, 2.05) is 31.8 Å². The van der Waals surface area contributed by atoms with Gasteiger partial charge in [0, 0.05) is 31.2 Å². The van der Waals surface area contributed by atoms with E-state index in [4.69, 9.17) is 11.6 Å². The van der Waals surface area contributed by atoms with E-state index < -0.39 is 0 Å². The number of hydrogen-bond donors (Lipinski definition) is 1. The second kappa shape index (κ2) is 5.16. The molecule has 0 spiro atoms. The molecule has 2 heterocycles. The van der Waals surface area contributed by atoms with E-state index >= 15 is 0 Å². The Balaban J connectivity index is 1.94. The maximum absolute atomic E-state index is 6.17. The topological polar surface area (TPSA) is 42.7 Å². The van der Waals surface area contributed by atoms with E-state index in [0.717, 1.165) is 28.0 Å². The average molecular weight is 271 g/mol. The smallest absolute Gasteiger partial charge is 0.0897 e. The minimum absolute atomic E-state index is 0.715. The lowest BCUT2D eigenvalue weighted by Crippen LogP contribution is -2.14. The zero-order chi connectivity index (χ0) is 12.4. The Kier molecular flexibility index (Phi) is 3.81. The van der Waals surface area contributed by atoms with Crippen LogP contribution in [0, 0.1) is 13.8 Å². The maximum Gasteiger partial charge on any atom is 0.0897 e. The van der Waals surface area contributed by atoms with E-state index in [0.29, 0.717) is 6.54 Å². The van der Waals surface area contributed by atoms with Gasteiger partial charge < -0.3 is 5.32 Å². The van der Waals surface area contributed by atoms with Crippen LogP contribution in [0.25, 0.3) is 0 Å². The van der Waals surface area contributed by atoms with Crippen molar-refractivity contribution in [2.45, 2.75) is 26.9 Å². The molecule has 2 aromatic rings. The summed E-state index contributed by atoms with van der Waals surface area (Å²) >= 11 is 7.87. The van der Waals surface area contributed by atoms with Gasteiger partial charge in [0.25, 0.3) is 0 Å². The van der Waals surface area contributed by atoms with Crippen molar-refractivity contribution in [2.75, 3.05) is 0 Å². The molecule has 17 heavy (non-hydrogen) atoms. The van der Waals surface area contributed by atoms with Gasteiger partial charge in [-0.1, -0.05) is 11.6 Å². The second-order valence-corrected chi connectivity index (χ2v) is 5.62. The van der Waals surface area contributed by atoms with Crippen LogP contribution >= 0.6 is 22.9 Å². The first-order chi connectivity index (χ1) is 8.08. The molecule has 0 unspecified atom stereocenters. The molecule has 0 aliphatic carbocycles. The number of thiazole rings is 1. The van der Waals surface area contributed by atoms with Gasteiger partial charge in [-0.25, -0.2) is 4.98 Å². The quantitative estimate of drug-likeness (QED) is 0.928. The first kappa shape index (κ1) is 12.5. The summed E-state index contributed by atoms with van der Waals surface area (Å²) in [5, 5.41) is 9.47. The van der Waals surface area contributed by atoms with E-state index in [2.05, 4.69) is 15.4 Å². The highest BCUT2D eigenvalue weighted by atomic mass is 35.5. The van der Waals surface area contributed by atoms with Crippen LogP contribution in [-0.2, 0) is 20.1 Å². The van der Waals surface area contributed by atoms with Crippen molar-refractivity contribution in [2.24, 2.45) is 7.05 Å². The zero-order valence-corrected chi connectivity index (χ0v) is 11.7. The van der Waals surface area contributed by atoms with Crippen LogP contribution < -0.4 is 5.32 Å². The number of rotatable bonds is 4. The molecule has 0 aliphatic heterocycles. The van der Waals surface area contributed by atoms with Crippen molar-refractivity contribution in [3.63, 3.8) is 0 Å². The molecule has 92 valence electrons. The van der Waals surface area contributed by atoms with Crippen LogP contribution in [0.5, 0.6) is 0 Å². The molecule has 0 aromatic carbocycles. The van der Waals surface area contributed by atoms with Gasteiger partial charge in [-0.3, -0.25) is 4.68 Å². The SMILES string of the molecule is Cc1ncc(CNCc2c(Cl)c(C)nn2C)s1. The van der Waals surface area contributed by atoms with Gasteiger partial charge in [0.1, 0.15) is 0 Å². The molecule has 0 saturated heterocycles. The summed E-state index contributed by atoms with van der Waals surface area (Å²) in [6.45, 7) is 5.45. The Morgan fingerprint density at radius 3 is 2.71 bits per heavy atom. The largest absolute Gasteiger partial charge is 0.306 e. The molecule has 0 atom stereocenters. The van der Waals surface area contributed by atoms with Crippen LogP contribution in [0.4, 0.5) is 0 Å². The van der Waals surface area contributed by atoms with Crippen molar-refractivity contribution in [1.29, 1.82) is 0 Å². The Labute approximate surface area is 110 Å². The van der Waals surface area contributed by atoms with Crippen LogP contribution in [-0.4, -0.2) is 14.8 Å². The highest BCUT2D eigenvalue weighted by Crippen LogP contribution is 2.19. The molecule has 6 heteroatoms. The van der Waals surface area contributed by atoms with E-state index in [1.54, 1.807) is 11.3 Å². The summed E-state index contributed by atoms with van der Waals surface area (Å²) in [6.07, 6.45) is 1.91. The molecular weight excluding hydrogens is 256 g/mol. The zero-order valence-electron chi connectivity index (χ0n) is 10.1. The van der Waals surface area contributed by atoms with E-state index in [1.165, 1.54) is 4.88 Å². The van der Waals surface area contributed by atoms with Crippen molar-refractivity contribution < 1.29 is 0 Å². The summed E-state index contributed by atoms with van der Waals surface area (Å²) in [6, 6.07) is 0. The number of halogens is 1.